The zero-order valence-corrected chi connectivity index (χ0v) is 15.6. The largest absolute Gasteiger partial charge is 0.504 e. The van der Waals surface area contributed by atoms with E-state index in [0.717, 1.165) is 4.90 Å². The molecule has 2 heterocycles. The van der Waals surface area contributed by atoms with E-state index in [9.17, 15) is 19.5 Å². The van der Waals surface area contributed by atoms with E-state index in [0.29, 0.717) is 14.9 Å². The second-order valence-corrected chi connectivity index (χ2v) is 6.50. The Morgan fingerprint density at radius 2 is 2.12 bits per heavy atom. The van der Waals surface area contributed by atoms with Crippen LogP contribution in [0.5, 0.6) is 11.5 Å². The monoisotopic (exact) mass is 468 g/mol. The molecule has 1 aliphatic heterocycles. The Hall–Kier alpha value is -2.82. The molecular weight excluding hydrogens is 455 g/mol. The normalized spacial score (nSPS) is 16.2. The molecule has 1 aromatic carbocycles. The molecule has 1 aliphatic rings. The molecule has 2 aromatic rings. The third-order valence-electron chi connectivity index (χ3n) is 3.66. The fourth-order valence-corrected chi connectivity index (χ4v) is 3.02. The quantitative estimate of drug-likeness (QED) is 0.405. The zero-order valence-electron chi connectivity index (χ0n) is 13.5. The average Bonchev–Trinajstić information content (AvgIpc) is 3.11. The minimum Gasteiger partial charge on any atom is -0.504 e. The van der Waals surface area contributed by atoms with E-state index in [-0.39, 0.29) is 23.6 Å². The average molecular weight is 468 g/mol. The standard InChI is InChI=1S/C17H13IN2O6/c1-25-13-7-9(6-12(18)14(13)21)5-11-15(22)19-17(24)20(16(11)23)8-10-3-2-4-26-10/h2-7,21H,8H2,1H3,(H,19,22,24). The summed E-state index contributed by atoms with van der Waals surface area (Å²) in [5, 5.41) is 12.0. The molecule has 0 saturated carbocycles. The number of urea groups is 1. The number of halogens is 1. The molecule has 3 rings (SSSR count). The van der Waals surface area contributed by atoms with Gasteiger partial charge in [-0.3, -0.25) is 19.8 Å². The maximum Gasteiger partial charge on any atom is 0.331 e. The van der Waals surface area contributed by atoms with Crippen molar-refractivity contribution in [1.82, 2.24) is 10.2 Å². The first-order valence-corrected chi connectivity index (χ1v) is 8.46. The highest BCUT2D eigenvalue weighted by Gasteiger charge is 2.36. The first-order valence-electron chi connectivity index (χ1n) is 7.38. The molecule has 134 valence electrons. The van der Waals surface area contributed by atoms with Crippen LogP contribution in [-0.2, 0) is 16.1 Å². The van der Waals surface area contributed by atoms with Gasteiger partial charge in [0.05, 0.1) is 23.5 Å². The first-order chi connectivity index (χ1) is 12.4. The minimum atomic E-state index is -0.814. The van der Waals surface area contributed by atoms with Crippen LogP contribution in [0.25, 0.3) is 6.08 Å². The number of hydrogen-bond acceptors (Lipinski definition) is 6. The van der Waals surface area contributed by atoms with E-state index in [1.54, 1.807) is 18.2 Å². The molecule has 0 bridgehead atoms. The Bertz CT molecular complexity index is 920. The van der Waals surface area contributed by atoms with Crippen LogP contribution in [0.2, 0.25) is 0 Å². The van der Waals surface area contributed by atoms with E-state index in [1.165, 1.54) is 25.5 Å². The second kappa shape index (κ2) is 7.20. The summed E-state index contributed by atoms with van der Waals surface area (Å²) in [4.78, 5) is 37.6. The molecule has 0 spiro atoms. The van der Waals surface area contributed by atoms with Gasteiger partial charge in [-0.15, -0.1) is 0 Å². The summed E-state index contributed by atoms with van der Waals surface area (Å²) in [5.41, 5.74) is 0.259. The van der Waals surface area contributed by atoms with Crippen molar-refractivity contribution in [2.75, 3.05) is 7.11 Å². The molecule has 0 aliphatic carbocycles. The molecule has 9 heteroatoms. The lowest BCUT2D eigenvalue weighted by Gasteiger charge is -2.25. The molecule has 4 amide bonds. The van der Waals surface area contributed by atoms with Gasteiger partial charge in [0.15, 0.2) is 11.5 Å². The lowest BCUT2D eigenvalue weighted by molar-refractivity contribution is -0.130. The van der Waals surface area contributed by atoms with Crippen LogP contribution in [0, 0.1) is 3.57 Å². The van der Waals surface area contributed by atoms with Crippen molar-refractivity contribution in [3.63, 3.8) is 0 Å². The van der Waals surface area contributed by atoms with E-state index < -0.39 is 17.8 Å². The smallest absolute Gasteiger partial charge is 0.331 e. The van der Waals surface area contributed by atoms with Crippen LogP contribution in [0.1, 0.15) is 11.3 Å². The van der Waals surface area contributed by atoms with Crippen molar-refractivity contribution in [1.29, 1.82) is 0 Å². The summed E-state index contributed by atoms with van der Waals surface area (Å²) in [6, 6.07) is 5.51. The van der Waals surface area contributed by atoms with Gasteiger partial charge < -0.3 is 14.3 Å². The minimum absolute atomic E-state index is 0.0377. The fourth-order valence-electron chi connectivity index (χ4n) is 2.40. The maximum atomic E-state index is 12.6. The van der Waals surface area contributed by atoms with Crippen LogP contribution in [0.15, 0.2) is 40.5 Å². The molecular formula is C17H13IN2O6. The number of benzene rings is 1. The molecule has 0 atom stereocenters. The number of nitrogens with one attached hydrogen (secondary N) is 1. The summed E-state index contributed by atoms with van der Waals surface area (Å²) in [5.74, 6) is -0.960. The number of amides is 4. The molecule has 1 fully saturated rings. The predicted octanol–water partition coefficient (Wildman–Crippen LogP) is 2.26. The van der Waals surface area contributed by atoms with Crippen molar-refractivity contribution < 1.29 is 28.6 Å². The highest BCUT2D eigenvalue weighted by Crippen LogP contribution is 2.33. The van der Waals surface area contributed by atoms with E-state index in [4.69, 9.17) is 9.15 Å². The number of phenols is 1. The second-order valence-electron chi connectivity index (χ2n) is 5.34. The van der Waals surface area contributed by atoms with Gasteiger partial charge in [-0.05, 0) is 58.5 Å². The Morgan fingerprint density at radius 1 is 1.35 bits per heavy atom. The van der Waals surface area contributed by atoms with E-state index in [2.05, 4.69) is 5.32 Å². The predicted molar refractivity (Wildman–Crippen MR) is 98.1 cm³/mol. The lowest BCUT2D eigenvalue weighted by Crippen LogP contribution is -2.53. The van der Waals surface area contributed by atoms with Crippen LogP contribution in [0.3, 0.4) is 0 Å². The van der Waals surface area contributed by atoms with Crippen molar-refractivity contribution >= 4 is 46.5 Å². The van der Waals surface area contributed by atoms with Gasteiger partial charge in [0, 0.05) is 0 Å². The summed E-state index contributed by atoms with van der Waals surface area (Å²) in [6.07, 6.45) is 2.76. The lowest BCUT2D eigenvalue weighted by atomic mass is 10.1. The van der Waals surface area contributed by atoms with Gasteiger partial charge in [-0.25, -0.2) is 4.79 Å². The number of carbonyl (C=O) groups excluding carboxylic acids is 3. The van der Waals surface area contributed by atoms with Crippen LogP contribution < -0.4 is 10.1 Å². The van der Waals surface area contributed by atoms with Gasteiger partial charge in [0.1, 0.15) is 11.3 Å². The topological polar surface area (TPSA) is 109 Å². The number of ether oxygens (including phenoxy) is 1. The number of aromatic hydroxyl groups is 1. The summed E-state index contributed by atoms with van der Waals surface area (Å²) in [7, 11) is 1.39. The number of rotatable bonds is 4. The maximum absolute atomic E-state index is 12.6. The van der Waals surface area contributed by atoms with Gasteiger partial charge >= 0.3 is 6.03 Å². The first kappa shape index (κ1) is 18.0. The molecule has 1 saturated heterocycles. The molecule has 8 nitrogen and oxygen atoms in total. The molecule has 0 radical (unpaired) electrons. The SMILES string of the molecule is COc1cc(C=C2C(=O)NC(=O)N(Cc3ccco3)C2=O)cc(I)c1O. The fraction of sp³-hybridized carbons (Fsp3) is 0.118. The molecule has 2 N–H and O–H groups in total. The van der Waals surface area contributed by atoms with Crippen LogP contribution in [0.4, 0.5) is 4.79 Å². The summed E-state index contributed by atoms with van der Waals surface area (Å²) >= 11 is 1.90. The highest BCUT2D eigenvalue weighted by atomic mass is 127. The Balaban J connectivity index is 1.96. The summed E-state index contributed by atoms with van der Waals surface area (Å²) in [6.45, 7) is -0.0985. The van der Waals surface area contributed by atoms with Crippen molar-refractivity contribution in [2.45, 2.75) is 6.54 Å². The number of imide groups is 2. The number of furan rings is 1. The Kier molecular flexibility index (Phi) is 4.98. The van der Waals surface area contributed by atoms with Crippen LogP contribution in [-0.4, -0.2) is 35.0 Å². The third-order valence-corrected chi connectivity index (χ3v) is 4.48. The number of carbonyl (C=O) groups is 3. The molecule has 0 unspecified atom stereocenters. The Labute approximate surface area is 161 Å². The molecule has 1 aromatic heterocycles. The van der Waals surface area contributed by atoms with Gasteiger partial charge in [0.25, 0.3) is 11.8 Å². The summed E-state index contributed by atoms with van der Waals surface area (Å²) < 4.78 is 10.7. The van der Waals surface area contributed by atoms with Crippen LogP contribution >= 0.6 is 22.6 Å². The van der Waals surface area contributed by atoms with Crippen molar-refractivity contribution in [2.24, 2.45) is 0 Å². The van der Waals surface area contributed by atoms with Gasteiger partial charge in [-0.1, -0.05) is 0 Å². The van der Waals surface area contributed by atoms with Gasteiger partial charge in [0.2, 0.25) is 0 Å². The zero-order chi connectivity index (χ0) is 18.8. The van der Waals surface area contributed by atoms with Crippen molar-refractivity contribution in [3.8, 4) is 11.5 Å². The number of barbiturate groups is 1. The number of nitrogens with zero attached hydrogens (tertiary/aromatic N) is 1. The van der Waals surface area contributed by atoms with Gasteiger partial charge in [-0.2, -0.15) is 0 Å². The number of phenolic OH excluding ortho intramolecular Hbond substituents is 1. The Morgan fingerprint density at radius 3 is 2.77 bits per heavy atom. The van der Waals surface area contributed by atoms with Crippen molar-refractivity contribution in [3.05, 3.63) is 51.0 Å². The third kappa shape index (κ3) is 3.43. The van der Waals surface area contributed by atoms with E-state index >= 15 is 0 Å². The number of hydrogen-bond donors (Lipinski definition) is 2. The number of methoxy groups -OCH3 is 1. The van der Waals surface area contributed by atoms with E-state index in [1.807, 2.05) is 22.6 Å². The molecule has 26 heavy (non-hydrogen) atoms. The highest BCUT2D eigenvalue weighted by molar-refractivity contribution is 14.1.